The molecule has 1 aromatic heterocycles. The van der Waals surface area contributed by atoms with Gasteiger partial charge in [-0.05, 0) is 27.2 Å². The molecular formula is C11H18N2O2S. The van der Waals surface area contributed by atoms with Crippen LogP contribution in [-0.4, -0.2) is 22.1 Å². The standard InChI is InChI=1S/C11H18N2O2S/c1-7(14)4-5-10(15)13-9(3)11-12-6-8(2)16-11/h6-7,9,14H,4-5H2,1-3H3,(H,13,15). The Morgan fingerprint density at radius 3 is 2.81 bits per heavy atom. The molecular weight excluding hydrogens is 224 g/mol. The van der Waals surface area contributed by atoms with Gasteiger partial charge < -0.3 is 10.4 Å². The fraction of sp³-hybridized carbons (Fsp3) is 0.636. The molecule has 1 heterocycles. The molecule has 0 aliphatic heterocycles. The van der Waals surface area contributed by atoms with Gasteiger partial charge in [0.2, 0.25) is 5.91 Å². The third kappa shape index (κ3) is 4.28. The average molecular weight is 242 g/mol. The van der Waals surface area contributed by atoms with E-state index in [2.05, 4.69) is 10.3 Å². The van der Waals surface area contributed by atoms with Crippen molar-refractivity contribution in [2.45, 2.75) is 45.8 Å². The molecule has 0 radical (unpaired) electrons. The molecule has 1 rings (SSSR count). The van der Waals surface area contributed by atoms with Crippen molar-refractivity contribution < 1.29 is 9.90 Å². The average Bonchev–Trinajstić information content (AvgIpc) is 2.62. The zero-order chi connectivity index (χ0) is 12.1. The molecule has 0 saturated carbocycles. The van der Waals surface area contributed by atoms with Gasteiger partial charge in [-0.3, -0.25) is 4.79 Å². The normalized spacial score (nSPS) is 14.5. The van der Waals surface area contributed by atoms with Gasteiger partial charge in [0.15, 0.2) is 0 Å². The van der Waals surface area contributed by atoms with E-state index < -0.39 is 6.10 Å². The van der Waals surface area contributed by atoms with Gasteiger partial charge in [0, 0.05) is 17.5 Å². The van der Waals surface area contributed by atoms with E-state index in [1.54, 1.807) is 24.5 Å². The first-order chi connectivity index (χ1) is 7.49. The van der Waals surface area contributed by atoms with Crippen molar-refractivity contribution in [3.05, 3.63) is 16.1 Å². The van der Waals surface area contributed by atoms with Crippen molar-refractivity contribution in [1.82, 2.24) is 10.3 Å². The number of aliphatic hydroxyl groups excluding tert-OH is 1. The lowest BCUT2D eigenvalue weighted by atomic mass is 10.2. The summed E-state index contributed by atoms with van der Waals surface area (Å²) in [7, 11) is 0. The van der Waals surface area contributed by atoms with Gasteiger partial charge in [0.05, 0.1) is 12.1 Å². The second kappa shape index (κ2) is 5.96. The summed E-state index contributed by atoms with van der Waals surface area (Å²) in [6, 6.07) is -0.0554. The topological polar surface area (TPSA) is 62.2 Å². The number of nitrogens with zero attached hydrogens (tertiary/aromatic N) is 1. The van der Waals surface area contributed by atoms with E-state index in [0.29, 0.717) is 12.8 Å². The SMILES string of the molecule is Cc1cnc(C(C)NC(=O)CCC(C)O)s1. The van der Waals surface area contributed by atoms with E-state index in [1.165, 1.54) is 0 Å². The van der Waals surface area contributed by atoms with Crippen molar-refractivity contribution in [3.63, 3.8) is 0 Å². The molecule has 0 aromatic carbocycles. The van der Waals surface area contributed by atoms with Gasteiger partial charge in [-0.2, -0.15) is 0 Å². The van der Waals surface area contributed by atoms with Crippen LogP contribution in [0.3, 0.4) is 0 Å². The minimum atomic E-state index is -0.428. The predicted molar refractivity (Wildman–Crippen MR) is 64.3 cm³/mol. The van der Waals surface area contributed by atoms with Gasteiger partial charge in [-0.15, -0.1) is 11.3 Å². The Labute approximate surface area is 99.7 Å². The second-order valence-electron chi connectivity index (χ2n) is 3.99. The maximum absolute atomic E-state index is 11.5. The number of hydrogen-bond donors (Lipinski definition) is 2. The highest BCUT2D eigenvalue weighted by molar-refractivity contribution is 7.11. The maximum Gasteiger partial charge on any atom is 0.220 e. The molecule has 1 aromatic rings. The Morgan fingerprint density at radius 2 is 2.31 bits per heavy atom. The van der Waals surface area contributed by atoms with Crippen LogP contribution in [0.1, 0.15) is 42.6 Å². The Bertz CT molecular complexity index is 350. The monoisotopic (exact) mass is 242 g/mol. The third-order valence-electron chi connectivity index (χ3n) is 2.18. The summed E-state index contributed by atoms with van der Waals surface area (Å²) in [6.45, 7) is 5.59. The lowest BCUT2D eigenvalue weighted by Crippen LogP contribution is -2.27. The van der Waals surface area contributed by atoms with Crippen LogP contribution in [0, 0.1) is 6.92 Å². The summed E-state index contributed by atoms with van der Waals surface area (Å²) < 4.78 is 0. The smallest absolute Gasteiger partial charge is 0.220 e. The molecule has 1 amide bonds. The highest BCUT2D eigenvalue weighted by Gasteiger charge is 2.12. The molecule has 5 heteroatoms. The Kier molecular flexibility index (Phi) is 4.89. The van der Waals surface area contributed by atoms with Crippen molar-refractivity contribution in [3.8, 4) is 0 Å². The van der Waals surface area contributed by atoms with Crippen LogP contribution in [-0.2, 0) is 4.79 Å². The first-order valence-electron chi connectivity index (χ1n) is 5.38. The Morgan fingerprint density at radius 1 is 1.62 bits per heavy atom. The van der Waals surface area contributed by atoms with Gasteiger partial charge in [0.1, 0.15) is 5.01 Å². The van der Waals surface area contributed by atoms with Crippen LogP contribution in [0.5, 0.6) is 0 Å². The molecule has 4 nitrogen and oxygen atoms in total. The Balaban J connectivity index is 2.39. The van der Waals surface area contributed by atoms with Crippen molar-refractivity contribution >= 4 is 17.2 Å². The van der Waals surface area contributed by atoms with Crippen LogP contribution in [0.4, 0.5) is 0 Å². The lowest BCUT2D eigenvalue weighted by Gasteiger charge is -2.11. The molecule has 16 heavy (non-hydrogen) atoms. The highest BCUT2D eigenvalue weighted by atomic mass is 32.1. The largest absolute Gasteiger partial charge is 0.393 e. The summed E-state index contributed by atoms with van der Waals surface area (Å²) in [5.41, 5.74) is 0. The van der Waals surface area contributed by atoms with E-state index >= 15 is 0 Å². The van der Waals surface area contributed by atoms with Gasteiger partial charge in [-0.1, -0.05) is 0 Å². The molecule has 2 unspecified atom stereocenters. The molecule has 0 saturated heterocycles. The van der Waals surface area contributed by atoms with Crippen molar-refractivity contribution in [1.29, 1.82) is 0 Å². The number of aliphatic hydroxyl groups is 1. The zero-order valence-corrected chi connectivity index (χ0v) is 10.7. The molecule has 0 bridgehead atoms. The van der Waals surface area contributed by atoms with Crippen LogP contribution >= 0.6 is 11.3 Å². The number of nitrogens with one attached hydrogen (secondary N) is 1. The fourth-order valence-corrected chi connectivity index (χ4v) is 2.06. The number of carbonyl (C=O) groups is 1. The summed E-state index contributed by atoms with van der Waals surface area (Å²) in [6.07, 6.45) is 2.23. The van der Waals surface area contributed by atoms with Crippen LogP contribution in [0.25, 0.3) is 0 Å². The third-order valence-corrected chi connectivity index (χ3v) is 3.27. The highest BCUT2D eigenvalue weighted by Crippen LogP contribution is 2.18. The quantitative estimate of drug-likeness (QED) is 0.827. The van der Waals surface area contributed by atoms with Crippen molar-refractivity contribution in [2.24, 2.45) is 0 Å². The van der Waals surface area contributed by atoms with Crippen molar-refractivity contribution in [2.75, 3.05) is 0 Å². The number of aromatic nitrogens is 1. The number of hydrogen-bond acceptors (Lipinski definition) is 4. The number of carbonyl (C=O) groups excluding carboxylic acids is 1. The van der Waals surface area contributed by atoms with Gasteiger partial charge in [0.25, 0.3) is 0 Å². The predicted octanol–water partition coefficient (Wildman–Crippen LogP) is 1.79. The number of rotatable bonds is 5. The van der Waals surface area contributed by atoms with Crippen LogP contribution in [0.15, 0.2) is 6.20 Å². The lowest BCUT2D eigenvalue weighted by molar-refractivity contribution is -0.122. The van der Waals surface area contributed by atoms with E-state index in [4.69, 9.17) is 5.11 Å². The molecule has 2 N–H and O–H groups in total. The van der Waals surface area contributed by atoms with E-state index in [1.807, 2.05) is 13.8 Å². The number of aryl methyl sites for hydroxylation is 1. The molecule has 90 valence electrons. The summed E-state index contributed by atoms with van der Waals surface area (Å²) in [5, 5.41) is 12.8. The van der Waals surface area contributed by atoms with Gasteiger partial charge >= 0.3 is 0 Å². The minimum Gasteiger partial charge on any atom is -0.393 e. The summed E-state index contributed by atoms with van der Waals surface area (Å²) in [5.74, 6) is -0.0405. The second-order valence-corrected chi connectivity index (χ2v) is 5.25. The first-order valence-corrected chi connectivity index (χ1v) is 6.20. The molecule has 0 spiro atoms. The molecule has 0 aliphatic carbocycles. The van der Waals surface area contributed by atoms with E-state index in [0.717, 1.165) is 9.88 Å². The first kappa shape index (κ1) is 13.1. The maximum atomic E-state index is 11.5. The number of amides is 1. The summed E-state index contributed by atoms with van der Waals surface area (Å²) >= 11 is 1.59. The van der Waals surface area contributed by atoms with E-state index in [-0.39, 0.29) is 11.9 Å². The Hall–Kier alpha value is -0.940. The molecule has 2 atom stereocenters. The van der Waals surface area contributed by atoms with Crippen LogP contribution in [0.2, 0.25) is 0 Å². The van der Waals surface area contributed by atoms with E-state index in [9.17, 15) is 4.79 Å². The number of thiazole rings is 1. The minimum absolute atomic E-state index is 0.0405. The summed E-state index contributed by atoms with van der Waals surface area (Å²) in [4.78, 5) is 16.9. The zero-order valence-electron chi connectivity index (χ0n) is 9.86. The molecule has 0 fully saturated rings. The molecule has 0 aliphatic rings. The van der Waals surface area contributed by atoms with Gasteiger partial charge in [-0.25, -0.2) is 4.98 Å². The van der Waals surface area contributed by atoms with Crippen LogP contribution < -0.4 is 5.32 Å². The fourth-order valence-electron chi connectivity index (χ4n) is 1.29.